The molecule has 19 heavy (non-hydrogen) atoms. The molecule has 2 rings (SSSR count). The molecule has 1 aliphatic rings. The first kappa shape index (κ1) is 14.3. The average Bonchev–Trinajstić information content (AvgIpc) is 2.32. The molecule has 0 saturated carbocycles. The first-order valence-electron chi connectivity index (χ1n) is 6.30. The Labute approximate surface area is 115 Å². The normalized spacial score (nSPS) is 21.4. The Balaban J connectivity index is 2.31. The molecule has 0 radical (unpaired) electrons. The van der Waals surface area contributed by atoms with Crippen LogP contribution < -0.4 is 5.73 Å². The number of nitrogen functional groups attached to an aromatic ring is 1. The largest absolute Gasteiger partial charge is 0.399 e. The summed E-state index contributed by atoms with van der Waals surface area (Å²) in [5.74, 6) is 0. The van der Waals surface area contributed by atoms with Crippen LogP contribution in [0.4, 0.5) is 5.69 Å². The smallest absolute Gasteiger partial charge is 0.243 e. The van der Waals surface area contributed by atoms with Crippen molar-refractivity contribution in [3.63, 3.8) is 0 Å². The third kappa shape index (κ3) is 2.75. The Bertz CT molecular complexity index is 569. The van der Waals surface area contributed by atoms with Crippen LogP contribution in [0.15, 0.2) is 29.2 Å². The van der Waals surface area contributed by atoms with Crippen molar-refractivity contribution >= 4 is 15.7 Å². The lowest BCUT2D eigenvalue weighted by Crippen LogP contribution is -2.58. The summed E-state index contributed by atoms with van der Waals surface area (Å²) in [5.41, 5.74) is 5.98. The van der Waals surface area contributed by atoms with Crippen LogP contribution in [0, 0.1) is 0 Å². The molecule has 1 saturated heterocycles. The van der Waals surface area contributed by atoms with Crippen LogP contribution in [-0.2, 0) is 10.0 Å². The second kappa shape index (κ2) is 4.77. The number of nitrogens with zero attached hydrogens (tertiary/aromatic N) is 2. The van der Waals surface area contributed by atoms with Gasteiger partial charge in [0.15, 0.2) is 0 Å². The number of sulfonamides is 1. The number of rotatable bonds is 2. The van der Waals surface area contributed by atoms with E-state index in [4.69, 9.17) is 5.73 Å². The number of piperazine rings is 1. The molecule has 0 amide bonds. The summed E-state index contributed by atoms with van der Waals surface area (Å²) in [7, 11) is -1.43. The highest BCUT2D eigenvalue weighted by atomic mass is 32.2. The summed E-state index contributed by atoms with van der Waals surface area (Å²) >= 11 is 0. The highest BCUT2D eigenvalue weighted by Gasteiger charge is 2.37. The van der Waals surface area contributed by atoms with Gasteiger partial charge in [-0.2, -0.15) is 4.31 Å². The van der Waals surface area contributed by atoms with Crippen LogP contribution in [0.25, 0.3) is 0 Å². The highest BCUT2D eigenvalue weighted by Crippen LogP contribution is 2.25. The first-order chi connectivity index (χ1) is 8.73. The summed E-state index contributed by atoms with van der Waals surface area (Å²) < 4.78 is 26.7. The molecule has 0 aliphatic carbocycles. The van der Waals surface area contributed by atoms with Crippen molar-refractivity contribution in [1.82, 2.24) is 9.21 Å². The molecule has 1 aromatic rings. The van der Waals surface area contributed by atoms with Crippen LogP contribution in [0.3, 0.4) is 0 Å². The minimum atomic E-state index is -3.45. The molecule has 0 bridgehead atoms. The van der Waals surface area contributed by atoms with Gasteiger partial charge in [0.25, 0.3) is 0 Å². The second-order valence-corrected chi connectivity index (χ2v) is 7.58. The summed E-state index contributed by atoms with van der Waals surface area (Å²) in [6, 6.07) is 6.47. The van der Waals surface area contributed by atoms with Crippen molar-refractivity contribution in [2.24, 2.45) is 0 Å². The van der Waals surface area contributed by atoms with Gasteiger partial charge in [-0.15, -0.1) is 0 Å². The van der Waals surface area contributed by atoms with Gasteiger partial charge in [-0.3, -0.25) is 4.90 Å². The maximum atomic E-state index is 12.6. The van der Waals surface area contributed by atoms with E-state index in [1.807, 2.05) is 20.9 Å². The van der Waals surface area contributed by atoms with Crippen molar-refractivity contribution in [3.8, 4) is 0 Å². The van der Waals surface area contributed by atoms with E-state index < -0.39 is 10.0 Å². The molecule has 0 spiro atoms. The van der Waals surface area contributed by atoms with Crippen molar-refractivity contribution in [2.75, 3.05) is 32.4 Å². The SMILES string of the molecule is CN1CCN(S(=O)(=O)c2cccc(N)c2)CC1(C)C. The average molecular weight is 283 g/mol. The molecule has 1 heterocycles. The number of nitrogens with two attached hydrogens (primary N) is 1. The molecule has 1 aromatic carbocycles. The predicted octanol–water partition coefficient (Wildman–Crippen LogP) is 0.983. The number of hydrogen-bond donors (Lipinski definition) is 1. The van der Waals surface area contributed by atoms with Crippen LogP contribution in [-0.4, -0.2) is 49.8 Å². The van der Waals surface area contributed by atoms with Gasteiger partial charge in [0.2, 0.25) is 10.0 Å². The quantitative estimate of drug-likeness (QED) is 0.822. The predicted molar refractivity (Wildman–Crippen MR) is 76.3 cm³/mol. The molecule has 0 unspecified atom stereocenters. The Morgan fingerprint density at radius 3 is 2.53 bits per heavy atom. The Hall–Kier alpha value is -1.11. The summed E-state index contributed by atoms with van der Waals surface area (Å²) in [6.45, 7) is 5.83. The maximum absolute atomic E-state index is 12.6. The zero-order chi connectivity index (χ0) is 14.3. The second-order valence-electron chi connectivity index (χ2n) is 5.65. The molecule has 1 fully saturated rings. The third-order valence-electron chi connectivity index (χ3n) is 3.78. The van der Waals surface area contributed by atoms with Gasteiger partial charge in [0, 0.05) is 30.9 Å². The Morgan fingerprint density at radius 1 is 1.26 bits per heavy atom. The lowest BCUT2D eigenvalue weighted by Gasteiger charge is -2.44. The van der Waals surface area contributed by atoms with E-state index >= 15 is 0 Å². The van der Waals surface area contributed by atoms with Gasteiger partial charge in [-0.25, -0.2) is 8.42 Å². The van der Waals surface area contributed by atoms with E-state index in [1.165, 1.54) is 6.07 Å². The van der Waals surface area contributed by atoms with Crippen LogP contribution in [0.1, 0.15) is 13.8 Å². The van der Waals surface area contributed by atoms with Gasteiger partial charge < -0.3 is 5.73 Å². The fourth-order valence-corrected chi connectivity index (χ4v) is 3.87. The molecule has 1 aliphatic heterocycles. The third-order valence-corrected chi connectivity index (χ3v) is 5.62. The van der Waals surface area contributed by atoms with E-state index in [0.29, 0.717) is 18.8 Å². The van der Waals surface area contributed by atoms with E-state index in [0.717, 1.165) is 6.54 Å². The molecule has 5 nitrogen and oxygen atoms in total. The zero-order valence-electron chi connectivity index (χ0n) is 11.6. The van der Waals surface area contributed by atoms with Crippen LogP contribution in [0.5, 0.6) is 0 Å². The van der Waals surface area contributed by atoms with Crippen LogP contribution >= 0.6 is 0 Å². The summed E-state index contributed by atoms with van der Waals surface area (Å²) in [4.78, 5) is 2.45. The fourth-order valence-electron chi connectivity index (χ4n) is 2.22. The number of anilines is 1. The van der Waals surface area contributed by atoms with Gasteiger partial charge in [0.05, 0.1) is 4.90 Å². The van der Waals surface area contributed by atoms with Gasteiger partial charge in [0.1, 0.15) is 0 Å². The highest BCUT2D eigenvalue weighted by molar-refractivity contribution is 7.89. The molecule has 2 N–H and O–H groups in total. The van der Waals surface area contributed by atoms with Crippen LogP contribution in [0.2, 0.25) is 0 Å². The molecular formula is C13H21N3O2S. The lowest BCUT2D eigenvalue weighted by molar-refractivity contribution is 0.0801. The number of likely N-dealkylation sites (N-methyl/N-ethyl adjacent to an activating group) is 1. The topological polar surface area (TPSA) is 66.6 Å². The minimum absolute atomic E-state index is 0.161. The molecule has 0 aromatic heterocycles. The molecular weight excluding hydrogens is 262 g/mol. The van der Waals surface area contributed by atoms with E-state index in [9.17, 15) is 8.42 Å². The summed E-state index contributed by atoms with van der Waals surface area (Å²) in [5, 5.41) is 0. The lowest BCUT2D eigenvalue weighted by atomic mass is 10.0. The standard InChI is InChI=1S/C13H21N3O2S/c1-13(2)10-16(8-7-15(13)3)19(17,18)12-6-4-5-11(14)9-12/h4-6,9H,7-8,10,14H2,1-3H3. The maximum Gasteiger partial charge on any atom is 0.243 e. The zero-order valence-corrected chi connectivity index (χ0v) is 12.4. The van der Waals surface area contributed by atoms with Crippen molar-refractivity contribution in [3.05, 3.63) is 24.3 Å². The van der Waals surface area contributed by atoms with Gasteiger partial charge in [-0.05, 0) is 39.1 Å². The molecule has 0 atom stereocenters. The van der Waals surface area contributed by atoms with E-state index in [2.05, 4.69) is 4.90 Å². The van der Waals surface area contributed by atoms with Crippen molar-refractivity contribution < 1.29 is 8.42 Å². The number of hydrogen-bond acceptors (Lipinski definition) is 4. The minimum Gasteiger partial charge on any atom is -0.399 e. The van der Waals surface area contributed by atoms with Gasteiger partial charge >= 0.3 is 0 Å². The van der Waals surface area contributed by atoms with E-state index in [-0.39, 0.29) is 10.4 Å². The summed E-state index contributed by atoms with van der Waals surface area (Å²) in [6.07, 6.45) is 0. The monoisotopic (exact) mass is 283 g/mol. The number of benzene rings is 1. The van der Waals surface area contributed by atoms with Crippen molar-refractivity contribution in [2.45, 2.75) is 24.3 Å². The Morgan fingerprint density at radius 2 is 1.95 bits per heavy atom. The first-order valence-corrected chi connectivity index (χ1v) is 7.74. The van der Waals surface area contributed by atoms with E-state index in [1.54, 1.807) is 22.5 Å². The fraction of sp³-hybridized carbons (Fsp3) is 0.538. The van der Waals surface area contributed by atoms with Gasteiger partial charge in [-0.1, -0.05) is 6.07 Å². The molecule has 6 heteroatoms. The van der Waals surface area contributed by atoms with Crippen molar-refractivity contribution in [1.29, 1.82) is 0 Å². The Kier molecular flexibility index (Phi) is 3.59. The molecule has 106 valence electrons.